The third-order valence-electron chi connectivity index (χ3n) is 9.66. The maximum Gasteiger partial charge on any atom is 0.338 e. The van der Waals surface area contributed by atoms with Gasteiger partial charge in [-0.25, -0.2) is 9.59 Å². The van der Waals surface area contributed by atoms with Gasteiger partial charge in [-0.15, -0.1) is 0 Å². The zero-order chi connectivity index (χ0) is 37.5. The van der Waals surface area contributed by atoms with Crippen LogP contribution in [-0.2, 0) is 19.1 Å². The van der Waals surface area contributed by atoms with Gasteiger partial charge in [0.25, 0.3) is 0 Å². The molecule has 0 N–H and O–H groups in total. The second-order valence-corrected chi connectivity index (χ2v) is 18.9. The summed E-state index contributed by atoms with van der Waals surface area (Å²) in [4.78, 5) is 39.4. The van der Waals surface area contributed by atoms with Gasteiger partial charge < -0.3 is 9.47 Å². The molecule has 0 saturated carbocycles. The molecule has 2 saturated heterocycles. The molecule has 0 bridgehead atoms. The standard InChI is InChI=1S/C42H64N2O6/c1-37(2,3)49-43-39(7,8)25-23-33(27-41(43,11)12)47-35(45)31-19-15-29(16-20-31)30-17-21-32(22-18-30)36(46)48-34-24-26-40(9,10)44(42(13,14)28-34)50-38(4,5)6/h15-22,33-34H,23-28H2,1-14H3. The van der Waals surface area contributed by atoms with Gasteiger partial charge in [0.05, 0.1) is 22.3 Å². The SMILES string of the molecule is CC(C)(C)ON1C(C)(C)CCC(OC(=O)c2ccc(-c3ccc(C(=O)OC4CCC(C)(C)N(OC(C)(C)C)C(C)(C)C4)cc3)cc2)CC1(C)C. The minimum atomic E-state index is -0.328. The smallest absolute Gasteiger partial charge is 0.338 e. The van der Waals surface area contributed by atoms with Gasteiger partial charge in [0.15, 0.2) is 0 Å². The molecule has 2 aromatic rings. The van der Waals surface area contributed by atoms with Crippen molar-refractivity contribution in [1.82, 2.24) is 10.1 Å². The molecular formula is C42H64N2O6. The normalized spacial score (nSPS) is 24.1. The highest BCUT2D eigenvalue weighted by Crippen LogP contribution is 2.41. The predicted octanol–water partition coefficient (Wildman–Crippen LogP) is 9.95. The Balaban J connectivity index is 1.38. The topological polar surface area (TPSA) is 77.5 Å². The van der Waals surface area contributed by atoms with Crippen LogP contribution >= 0.6 is 0 Å². The molecule has 2 atom stereocenters. The van der Waals surface area contributed by atoms with Crippen LogP contribution in [0.3, 0.4) is 0 Å². The first-order valence-corrected chi connectivity index (χ1v) is 18.4. The molecule has 2 aliphatic rings. The zero-order valence-corrected chi connectivity index (χ0v) is 33.4. The Hall–Kier alpha value is -2.78. The van der Waals surface area contributed by atoms with Gasteiger partial charge in [-0.3, -0.25) is 9.68 Å². The average Bonchev–Trinajstić information content (AvgIpc) is 3.12. The lowest BCUT2D eigenvalue weighted by Gasteiger charge is -2.48. The molecule has 0 radical (unpaired) electrons. The van der Waals surface area contributed by atoms with E-state index in [4.69, 9.17) is 19.1 Å². The van der Waals surface area contributed by atoms with Crippen LogP contribution < -0.4 is 0 Å². The van der Waals surface area contributed by atoms with Crippen molar-refractivity contribution in [3.63, 3.8) is 0 Å². The maximum atomic E-state index is 13.3. The van der Waals surface area contributed by atoms with E-state index < -0.39 is 0 Å². The Morgan fingerprint density at radius 3 is 1.12 bits per heavy atom. The van der Waals surface area contributed by atoms with Crippen molar-refractivity contribution in [2.24, 2.45) is 0 Å². The van der Waals surface area contributed by atoms with Crippen LogP contribution in [0.25, 0.3) is 11.1 Å². The number of rotatable bonds is 7. The lowest BCUT2D eigenvalue weighted by atomic mass is 9.94. The number of ether oxygens (including phenoxy) is 2. The molecule has 8 nitrogen and oxygen atoms in total. The molecule has 2 fully saturated rings. The number of nitrogens with zero attached hydrogens (tertiary/aromatic N) is 2. The maximum absolute atomic E-state index is 13.3. The summed E-state index contributed by atoms with van der Waals surface area (Å²) < 4.78 is 12.2. The largest absolute Gasteiger partial charge is 0.459 e. The molecule has 8 heteroatoms. The minimum absolute atomic E-state index is 0.210. The second-order valence-electron chi connectivity index (χ2n) is 18.9. The quantitative estimate of drug-likeness (QED) is 0.266. The van der Waals surface area contributed by atoms with Crippen LogP contribution in [0.1, 0.15) is 156 Å². The van der Waals surface area contributed by atoms with Crippen LogP contribution in [0, 0.1) is 0 Å². The Labute approximate surface area is 302 Å². The summed E-state index contributed by atoms with van der Waals surface area (Å²) >= 11 is 0. The number of hydroxylamine groups is 4. The molecule has 0 aliphatic carbocycles. The number of benzene rings is 2. The Morgan fingerprint density at radius 1 is 0.540 bits per heavy atom. The van der Waals surface area contributed by atoms with Crippen LogP contribution in [-0.4, -0.2) is 67.6 Å². The van der Waals surface area contributed by atoms with Gasteiger partial charge in [-0.1, -0.05) is 24.3 Å². The highest BCUT2D eigenvalue weighted by molar-refractivity contribution is 5.91. The van der Waals surface area contributed by atoms with Gasteiger partial charge in [0, 0.05) is 35.0 Å². The highest BCUT2D eigenvalue weighted by Gasteiger charge is 2.47. The summed E-state index contributed by atoms with van der Waals surface area (Å²) in [5.74, 6) is -0.645. The summed E-state index contributed by atoms with van der Waals surface area (Å²) in [6, 6.07) is 14.9. The fourth-order valence-corrected chi connectivity index (χ4v) is 7.63. The molecule has 0 aromatic heterocycles. The first-order valence-electron chi connectivity index (χ1n) is 18.4. The van der Waals surface area contributed by atoms with Crippen molar-refractivity contribution >= 4 is 11.9 Å². The predicted molar refractivity (Wildman–Crippen MR) is 200 cm³/mol. The molecule has 0 spiro atoms. The van der Waals surface area contributed by atoms with E-state index in [0.717, 1.165) is 36.8 Å². The van der Waals surface area contributed by atoms with Gasteiger partial charge >= 0.3 is 11.9 Å². The Bertz CT molecular complexity index is 1360. The van der Waals surface area contributed by atoms with E-state index in [0.29, 0.717) is 24.0 Å². The summed E-state index contributed by atoms with van der Waals surface area (Å²) in [5, 5.41) is 4.23. The van der Waals surface area contributed by atoms with E-state index >= 15 is 0 Å². The fraction of sp³-hybridized carbons (Fsp3) is 0.667. The lowest BCUT2D eigenvalue weighted by Crippen LogP contribution is -2.57. The van der Waals surface area contributed by atoms with Crippen LogP contribution in [0.4, 0.5) is 0 Å². The summed E-state index contributed by atoms with van der Waals surface area (Å²) in [6.07, 6.45) is 4.12. The summed E-state index contributed by atoms with van der Waals surface area (Å²) in [5.41, 5.74) is 1.18. The molecule has 2 aliphatic heterocycles. The van der Waals surface area contributed by atoms with E-state index in [1.54, 1.807) is 0 Å². The average molecular weight is 693 g/mol. The van der Waals surface area contributed by atoms with Crippen LogP contribution in [0.2, 0.25) is 0 Å². The number of esters is 2. The molecule has 0 amide bonds. The van der Waals surface area contributed by atoms with Gasteiger partial charge in [-0.05, 0) is 158 Å². The van der Waals surface area contributed by atoms with Gasteiger partial charge in [-0.2, -0.15) is 10.1 Å². The third kappa shape index (κ3) is 10.2. The molecular weight excluding hydrogens is 628 g/mol. The van der Waals surface area contributed by atoms with E-state index in [1.165, 1.54) is 0 Å². The third-order valence-corrected chi connectivity index (χ3v) is 9.66. The van der Waals surface area contributed by atoms with Crippen molar-refractivity contribution in [2.45, 2.75) is 181 Å². The lowest BCUT2D eigenvalue weighted by molar-refractivity contribution is -0.312. The molecule has 2 unspecified atom stereocenters. The van der Waals surface area contributed by atoms with Gasteiger partial charge in [0.2, 0.25) is 0 Å². The van der Waals surface area contributed by atoms with Crippen molar-refractivity contribution in [3.05, 3.63) is 59.7 Å². The summed E-state index contributed by atoms with van der Waals surface area (Å²) in [7, 11) is 0. The number of hydrogen-bond donors (Lipinski definition) is 0. The minimum Gasteiger partial charge on any atom is -0.459 e. The van der Waals surface area contributed by atoms with Gasteiger partial charge in [0.1, 0.15) is 12.2 Å². The van der Waals surface area contributed by atoms with Crippen molar-refractivity contribution in [1.29, 1.82) is 0 Å². The van der Waals surface area contributed by atoms with Crippen molar-refractivity contribution < 1.29 is 28.7 Å². The van der Waals surface area contributed by atoms with Crippen LogP contribution in [0.15, 0.2) is 48.5 Å². The number of hydrogen-bond acceptors (Lipinski definition) is 8. The molecule has 2 aromatic carbocycles. The second kappa shape index (κ2) is 14.3. The number of carbonyl (C=O) groups excluding carboxylic acids is 2. The van der Waals surface area contributed by atoms with Crippen molar-refractivity contribution in [3.8, 4) is 11.1 Å². The first-order chi connectivity index (χ1) is 22.8. The van der Waals surface area contributed by atoms with E-state index in [-0.39, 0.29) is 57.5 Å². The fourth-order valence-electron chi connectivity index (χ4n) is 7.63. The van der Waals surface area contributed by atoms with Crippen LogP contribution in [0.5, 0.6) is 0 Å². The summed E-state index contributed by atoms with van der Waals surface area (Å²) in [6.45, 7) is 29.7. The molecule has 4 rings (SSSR count). The molecule has 278 valence electrons. The zero-order valence-electron chi connectivity index (χ0n) is 33.4. The Kier molecular flexibility index (Phi) is 11.5. The number of carbonyl (C=O) groups is 2. The van der Waals surface area contributed by atoms with E-state index in [9.17, 15) is 9.59 Å². The van der Waals surface area contributed by atoms with E-state index in [2.05, 4.69) is 107 Å². The van der Waals surface area contributed by atoms with Crippen molar-refractivity contribution in [2.75, 3.05) is 0 Å². The highest BCUT2D eigenvalue weighted by atomic mass is 16.7. The van der Waals surface area contributed by atoms with E-state index in [1.807, 2.05) is 48.5 Å². The first kappa shape index (κ1) is 40.0. The monoisotopic (exact) mass is 692 g/mol. The molecule has 2 heterocycles. The molecule has 50 heavy (non-hydrogen) atoms. The Morgan fingerprint density at radius 2 is 0.840 bits per heavy atom.